The molecule has 3 nitrogen and oxygen atoms in total. The molecule has 0 unspecified atom stereocenters. The molecule has 0 spiro atoms. The molecule has 102 valence electrons. The van der Waals surface area contributed by atoms with Crippen molar-refractivity contribution >= 4 is 5.91 Å². The van der Waals surface area contributed by atoms with Crippen LogP contribution in [-0.2, 0) is 4.79 Å². The predicted octanol–water partition coefficient (Wildman–Crippen LogP) is 2.43. The summed E-state index contributed by atoms with van der Waals surface area (Å²) in [5.74, 6) is 0.256. The molecule has 1 atom stereocenters. The summed E-state index contributed by atoms with van der Waals surface area (Å²) in [6.07, 6.45) is 7.23. The molecule has 1 amide bonds. The van der Waals surface area contributed by atoms with Gasteiger partial charge in [-0.25, -0.2) is 0 Å². The zero-order valence-corrected chi connectivity index (χ0v) is 12.0. The van der Waals surface area contributed by atoms with Crippen LogP contribution >= 0.6 is 0 Å². The van der Waals surface area contributed by atoms with E-state index in [1.807, 2.05) is 0 Å². The van der Waals surface area contributed by atoms with Crippen molar-refractivity contribution in [3.05, 3.63) is 11.6 Å². The monoisotopic (exact) mass is 250 g/mol. The molecule has 1 aliphatic heterocycles. The smallest absolute Gasteiger partial charge is 0.219 e. The van der Waals surface area contributed by atoms with E-state index in [4.69, 9.17) is 0 Å². The second-order valence-corrected chi connectivity index (χ2v) is 5.98. The van der Waals surface area contributed by atoms with Crippen molar-refractivity contribution in [2.75, 3.05) is 19.6 Å². The first-order chi connectivity index (χ1) is 8.58. The van der Waals surface area contributed by atoms with Crippen LogP contribution in [0.4, 0.5) is 0 Å². The van der Waals surface area contributed by atoms with Crippen molar-refractivity contribution in [1.82, 2.24) is 9.80 Å². The molecule has 0 radical (unpaired) electrons. The molecule has 2 fully saturated rings. The van der Waals surface area contributed by atoms with E-state index in [1.165, 1.54) is 37.8 Å². The standard InChI is InChI=1S/C15H26N2O/c1-12(2)8-10-16-9-4-5-15(16)11-17(13(3)18)14-6-7-14/h8,14-15H,4-7,9-11H2,1-3H3/t15-/m1/s1. The van der Waals surface area contributed by atoms with E-state index in [0.717, 1.165) is 13.1 Å². The van der Waals surface area contributed by atoms with Crippen LogP contribution in [0.5, 0.6) is 0 Å². The molecule has 1 saturated heterocycles. The average molecular weight is 250 g/mol. The lowest BCUT2D eigenvalue weighted by Gasteiger charge is -2.30. The minimum absolute atomic E-state index is 0.256. The third kappa shape index (κ3) is 3.58. The number of carbonyl (C=O) groups is 1. The van der Waals surface area contributed by atoms with Gasteiger partial charge in [0.05, 0.1) is 0 Å². The van der Waals surface area contributed by atoms with Gasteiger partial charge in [0, 0.05) is 32.1 Å². The second kappa shape index (κ2) is 5.87. The number of likely N-dealkylation sites (tertiary alicyclic amines) is 1. The average Bonchev–Trinajstić information content (AvgIpc) is 3.03. The molecule has 0 aromatic rings. The van der Waals surface area contributed by atoms with E-state index in [1.54, 1.807) is 6.92 Å². The van der Waals surface area contributed by atoms with Gasteiger partial charge in [-0.05, 0) is 46.1 Å². The van der Waals surface area contributed by atoms with Gasteiger partial charge in [0.25, 0.3) is 0 Å². The minimum Gasteiger partial charge on any atom is -0.338 e. The fraction of sp³-hybridized carbons (Fsp3) is 0.800. The fourth-order valence-electron chi connectivity index (χ4n) is 2.79. The van der Waals surface area contributed by atoms with Crippen LogP contribution in [0.2, 0.25) is 0 Å². The molecular weight excluding hydrogens is 224 g/mol. The molecule has 1 saturated carbocycles. The third-order valence-electron chi connectivity index (χ3n) is 4.03. The summed E-state index contributed by atoms with van der Waals surface area (Å²) < 4.78 is 0. The normalized spacial score (nSPS) is 24.1. The summed E-state index contributed by atoms with van der Waals surface area (Å²) in [4.78, 5) is 16.3. The quantitative estimate of drug-likeness (QED) is 0.700. The first kappa shape index (κ1) is 13.6. The summed E-state index contributed by atoms with van der Waals surface area (Å²) in [5, 5.41) is 0. The Kier molecular flexibility index (Phi) is 4.44. The molecule has 0 aromatic heterocycles. The second-order valence-electron chi connectivity index (χ2n) is 5.98. The van der Waals surface area contributed by atoms with Crippen molar-refractivity contribution in [2.45, 2.75) is 58.5 Å². The highest BCUT2D eigenvalue weighted by Gasteiger charge is 2.34. The van der Waals surface area contributed by atoms with Gasteiger partial charge in [0.1, 0.15) is 0 Å². The Bertz CT molecular complexity index is 329. The first-order valence-corrected chi connectivity index (χ1v) is 7.22. The number of amides is 1. The van der Waals surface area contributed by atoms with Gasteiger partial charge >= 0.3 is 0 Å². The van der Waals surface area contributed by atoms with Gasteiger partial charge in [-0.1, -0.05) is 11.6 Å². The molecule has 2 rings (SSSR count). The van der Waals surface area contributed by atoms with E-state index in [9.17, 15) is 4.79 Å². The van der Waals surface area contributed by atoms with Gasteiger partial charge in [0.2, 0.25) is 5.91 Å². The summed E-state index contributed by atoms with van der Waals surface area (Å²) >= 11 is 0. The molecule has 0 N–H and O–H groups in total. The molecule has 0 bridgehead atoms. The SMILES string of the molecule is CC(=O)N(C[C@H]1CCCN1CC=C(C)C)C1CC1. The summed E-state index contributed by atoms with van der Waals surface area (Å²) in [6.45, 7) is 9.19. The van der Waals surface area contributed by atoms with Crippen LogP contribution in [-0.4, -0.2) is 47.4 Å². The highest BCUT2D eigenvalue weighted by molar-refractivity contribution is 5.74. The summed E-state index contributed by atoms with van der Waals surface area (Å²) in [7, 11) is 0. The van der Waals surface area contributed by atoms with E-state index < -0.39 is 0 Å². The van der Waals surface area contributed by atoms with Gasteiger partial charge in [-0.2, -0.15) is 0 Å². The first-order valence-electron chi connectivity index (χ1n) is 7.22. The highest BCUT2D eigenvalue weighted by atomic mass is 16.2. The molecule has 3 heteroatoms. The Morgan fingerprint density at radius 3 is 2.56 bits per heavy atom. The summed E-state index contributed by atoms with van der Waals surface area (Å²) in [5.41, 5.74) is 1.38. The van der Waals surface area contributed by atoms with Crippen LogP contribution in [0.25, 0.3) is 0 Å². The largest absolute Gasteiger partial charge is 0.338 e. The Morgan fingerprint density at radius 2 is 2.00 bits per heavy atom. The van der Waals surface area contributed by atoms with Crippen molar-refractivity contribution in [2.24, 2.45) is 0 Å². The van der Waals surface area contributed by atoms with Crippen molar-refractivity contribution in [1.29, 1.82) is 0 Å². The van der Waals surface area contributed by atoms with Gasteiger partial charge < -0.3 is 4.90 Å². The zero-order chi connectivity index (χ0) is 13.1. The maximum atomic E-state index is 11.7. The molecule has 18 heavy (non-hydrogen) atoms. The number of rotatable bonds is 5. The maximum absolute atomic E-state index is 11.7. The number of hydrogen-bond acceptors (Lipinski definition) is 2. The summed E-state index contributed by atoms with van der Waals surface area (Å²) in [6, 6.07) is 1.12. The van der Waals surface area contributed by atoms with Crippen molar-refractivity contribution in [3.8, 4) is 0 Å². The number of nitrogens with zero attached hydrogens (tertiary/aromatic N) is 2. The van der Waals surface area contributed by atoms with Crippen LogP contribution in [0.3, 0.4) is 0 Å². The van der Waals surface area contributed by atoms with Gasteiger partial charge in [-0.15, -0.1) is 0 Å². The zero-order valence-electron chi connectivity index (χ0n) is 12.0. The van der Waals surface area contributed by atoms with E-state index >= 15 is 0 Å². The van der Waals surface area contributed by atoms with Gasteiger partial charge in [0.15, 0.2) is 0 Å². The van der Waals surface area contributed by atoms with E-state index in [2.05, 4.69) is 29.7 Å². The molecular formula is C15H26N2O. The lowest BCUT2D eigenvalue weighted by molar-refractivity contribution is -0.130. The Balaban J connectivity index is 1.90. The van der Waals surface area contributed by atoms with Crippen molar-refractivity contribution in [3.63, 3.8) is 0 Å². The van der Waals surface area contributed by atoms with Crippen LogP contribution < -0.4 is 0 Å². The van der Waals surface area contributed by atoms with E-state index in [0.29, 0.717) is 12.1 Å². The van der Waals surface area contributed by atoms with E-state index in [-0.39, 0.29) is 5.91 Å². The topological polar surface area (TPSA) is 23.6 Å². The maximum Gasteiger partial charge on any atom is 0.219 e. The Labute approximate surface area is 111 Å². The Hall–Kier alpha value is -0.830. The van der Waals surface area contributed by atoms with Crippen LogP contribution in [0.15, 0.2) is 11.6 Å². The van der Waals surface area contributed by atoms with Gasteiger partial charge in [-0.3, -0.25) is 9.69 Å². The van der Waals surface area contributed by atoms with Crippen molar-refractivity contribution < 1.29 is 4.79 Å². The lowest BCUT2D eigenvalue weighted by Crippen LogP contribution is -2.43. The fourth-order valence-corrected chi connectivity index (χ4v) is 2.79. The molecule has 0 aromatic carbocycles. The molecule has 1 aliphatic carbocycles. The molecule has 1 heterocycles. The van der Waals surface area contributed by atoms with Crippen LogP contribution in [0, 0.1) is 0 Å². The predicted molar refractivity (Wildman–Crippen MR) is 74.4 cm³/mol. The third-order valence-corrected chi connectivity index (χ3v) is 4.03. The Morgan fingerprint density at radius 1 is 1.28 bits per heavy atom. The molecule has 2 aliphatic rings. The minimum atomic E-state index is 0.256. The van der Waals surface area contributed by atoms with Crippen LogP contribution in [0.1, 0.15) is 46.5 Å². The lowest BCUT2D eigenvalue weighted by atomic mass is 10.2. The number of carbonyl (C=O) groups excluding carboxylic acids is 1. The highest BCUT2D eigenvalue weighted by Crippen LogP contribution is 2.29. The number of allylic oxidation sites excluding steroid dienone is 1. The number of hydrogen-bond donors (Lipinski definition) is 0.